The van der Waals surface area contributed by atoms with Gasteiger partial charge in [-0.1, -0.05) is 11.6 Å². The largest absolute Gasteiger partial charge is 0.346 e. The van der Waals surface area contributed by atoms with Crippen molar-refractivity contribution in [3.63, 3.8) is 0 Å². The number of amides is 1. The van der Waals surface area contributed by atoms with Gasteiger partial charge in [0.15, 0.2) is 0 Å². The van der Waals surface area contributed by atoms with Crippen molar-refractivity contribution in [1.82, 2.24) is 20.4 Å². The molecule has 0 spiro atoms. The molecule has 3 N–H and O–H groups in total. The fourth-order valence-electron chi connectivity index (χ4n) is 1.72. The van der Waals surface area contributed by atoms with E-state index in [-0.39, 0.29) is 5.91 Å². The lowest BCUT2D eigenvalue weighted by atomic mass is 10.3. The van der Waals surface area contributed by atoms with E-state index in [1.807, 2.05) is 12.1 Å². The number of halogens is 1. The zero-order valence-electron chi connectivity index (χ0n) is 10.2. The number of hydrazine groups is 1. The molecule has 0 aliphatic heterocycles. The van der Waals surface area contributed by atoms with Crippen LogP contribution in [-0.2, 0) is 0 Å². The monoisotopic (exact) mass is 287 g/mol. The van der Waals surface area contributed by atoms with Crippen LogP contribution in [0.1, 0.15) is 10.5 Å². The van der Waals surface area contributed by atoms with Crippen LogP contribution in [0.2, 0.25) is 5.02 Å². The molecule has 0 bridgehead atoms. The van der Waals surface area contributed by atoms with E-state index >= 15 is 0 Å². The molecule has 100 valence electrons. The van der Waals surface area contributed by atoms with E-state index in [0.717, 1.165) is 5.39 Å². The molecular weight excluding hydrogens is 278 g/mol. The molecule has 0 saturated heterocycles. The summed E-state index contributed by atoms with van der Waals surface area (Å²) in [7, 11) is 0. The van der Waals surface area contributed by atoms with Gasteiger partial charge in [0.05, 0.1) is 10.7 Å². The zero-order chi connectivity index (χ0) is 13.9. The molecule has 20 heavy (non-hydrogen) atoms. The number of H-pyrrole nitrogens is 1. The summed E-state index contributed by atoms with van der Waals surface area (Å²) >= 11 is 5.92. The van der Waals surface area contributed by atoms with E-state index in [2.05, 4.69) is 25.8 Å². The van der Waals surface area contributed by atoms with Crippen LogP contribution in [0.4, 0.5) is 5.69 Å². The van der Waals surface area contributed by atoms with Crippen LogP contribution in [0.25, 0.3) is 11.0 Å². The fourth-order valence-corrected chi connectivity index (χ4v) is 1.89. The maximum atomic E-state index is 12.0. The molecule has 0 atom stereocenters. The molecule has 0 saturated carbocycles. The third kappa shape index (κ3) is 2.41. The first-order chi connectivity index (χ1) is 9.74. The molecule has 0 unspecified atom stereocenters. The van der Waals surface area contributed by atoms with Gasteiger partial charge in [-0.2, -0.15) is 0 Å². The van der Waals surface area contributed by atoms with Crippen molar-refractivity contribution in [2.75, 3.05) is 5.43 Å². The Hall–Kier alpha value is -2.60. The van der Waals surface area contributed by atoms with Crippen molar-refractivity contribution in [3.05, 3.63) is 53.6 Å². The second-order valence-electron chi connectivity index (χ2n) is 4.05. The van der Waals surface area contributed by atoms with Gasteiger partial charge in [0.25, 0.3) is 5.91 Å². The smallest absolute Gasteiger partial charge is 0.288 e. The van der Waals surface area contributed by atoms with Gasteiger partial charge in [-0.05, 0) is 24.3 Å². The summed E-state index contributed by atoms with van der Waals surface area (Å²) in [5, 5.41) is 1.37. The fraction of sp³-hybridized carbons (Fsp3) is 0. The maximum absolute atomic E-state index is 12.0. The average Bonchev–Trinajstić information content (AvgIpc) is 2.93. The lowest BCUT2D eigenvalue weighted by molar-refractivity contribution is 0.0958. The molecule has 3 aromatic heterocycles. The number of hydrogen-bond donors (Lipinski definition) is 3. The third-order valence-electron chi connectivity index (χ3n) is 2.73. The number of anilines is 1. The van der Waals surface area contributed by atoms with Gasteiger partial charge in [0, 0.05) is 24.0 Å². The Bertz CT molecular complexity index is 770. The van der Waals surface area contributed by atoms with Crippen LogP contribution < -0.4 is 10.9 Å². The van der Waals surface area contributed by atoms with Crippen LogP contribution in [0, 0.1) is 0 Å². The van der Waals surface area contributed by atoms with E-state index in [0.29, 0.717) is 22.1 Å². The number of aromatic nitrogens is 3. The Morgan fingerprint density at radius 2 is 2.15 bits per heavy atom. The first-order valence-corrected chi connectivity index (χ1v) is 6.22. The lowest BCUT2D eigenvalue weighted by Crippen LogP contribution is -2.30. The minimum atomic E-state index is -0.352. The van der Waals surface area contributed by atoms with Crippen molar-refractivity contribution >= 4 is 34.2 Å². The van der Waals surface area contributed by atoms with Crippen molar-refractivity contribution < 1.29 is 4.79 Å². The molecule has 3 aromatic rings. The summed E-state index contributed by atoms with van der Waals surface area (Å²) in [6.45, 7) is 0. The normalized spacial score (nSPS) is 10.4. The molecule has 7 heteroatoms. The highest BCUT2D eigenvalue weighted by Gasteiger charge is 2.09. The van der Waals surface area contributed by atoms with Gasteiger partial charge in [0.1, 0.15) is 11.3 Å². The number of aromatic amines is 1. The minimum absolute atomic E-state index is 0.303. The van der Waals surface area contributed by atoms with Crippen LogP contribution in [0.3, 0.4) is 0 Å². The Kier molecular flexibility index (Phi) is 3.22. The van der Waals surface area contributed by atoms with Gasteiger partial charge < -0.3 is 4.98 Å². The Balaban J connectivity index is 1.74. The van der Waals surface area contributed by atoms with Crippen molar-refractivity contribution in [2.45, 2.75) is 0 Å². The summed E-state index contributed by atoms with van der Waals surface area (Å²) in [6, 6.07) is 7.03. The highest BCUT2D eigenvalue weighted by atomic mass is 35.5. The summed E-state index contributed by atoms with van der Waals surface area (Å²) < 4.78 is 0. The molecule has 1 amide bonds. The summed E-state index contributed by atoms with van der Waals surface area (Å²) in [6.07, 6.45) is 4.83. The van der Waals surface area contributed by atoms with Crippen LogP contribution in [0.5, 0.6) is 0 Å². The Labute approximate surface area is 119 Å². The predicted molar refractivity (Wildman–Crippen MR) is 76.4 cm³/mol. The topological polar surface area (TPSA) is 82.7 Å². The summed E-state index contributed by atoms with van der Waals surface area (Å²) in [5.41, 5.74) is 6.80. The van der Waals surface area contributed by atoms with Gasteiger partial charge >= 0.3 is 0 Å². The molecular formula is C13H10ClN5O. The number of carbonyl (C=O) groups excluding carboxylic acids is 1. The van der Waals surface area contributed by atoms with Crippen LogP contribution >= 0.6 is 11.6 Å². The van der Waals surface area contributed by atoms with E-state index in [1.165, 1.54) is 6.20 Å². The Morgan fingerprint density at radius 3 is 3.00 bits per heavy atom. The highest BCUT2D eigenvalue weighted by Crippen LogP contribution is 2.18. The molecule has 3 heterocycles. The first kappa shape index (κ1) is 12.4. The first-order valence-electron chi connectivity index (χ1n) is 5.84. The SMILES string of the molecule is O=C(NNc1ccncc1Cl)c1ccc2cc[nH]c2n1. The number of rotatable bonds is 3. The molecule has 0 aromatic carbocycles. The van der Waals surface area contributed by atoms with Gasteiger partial charge in [0.2, 0.25) is 0 Å². The minimum Gasteiger partial charge on any atom is -0.346 e. The van der Waals surface area contributed by atoms with Crippen molar-refractivity contribution in [2.24, 2.45) is 0 Å². The van der Waals surface area contributed by atoms with E-state index in [4.69, 9.17) is 11.6 Å². The molecule has 6 nitrogen and oxygen atoms in total. The maximum Gasteiger partial charge on any atom is 0.288 e. The van der Waals surface area contributed by atoms with Gasteiger partial charge in [-0.3, -0.25) is 20.6 Å². The number of pyridine rings is 2. The van der Waals surface area contributed by atoms with E-state index in [1.54, 1.807) is 24.5 Å². The zero-order valence-corrected chi connectivity index (χ0v) is 11.0. The summed E-state index contributed by atoms with van der Waals surface area (Å²) in [4.78, 5) is 23.0. The quantitative estimate of drug-likeness (QED) is 0.646. The molecule has 0 aliphatic carbocycles. The number of nitrogens with zero attached hydrogens (tertiary/aromatic N) is 2. The number of fused-ring (bicyclic) bond motifs is 1. The van der Waals surface area contributed by atoms with E-state index < -0.39 is 0 Å². The van der Waals surface area contributed by atoms with Gasteiger partial charge in [-0.15, -0.1) is 0 Å². The lowest BCUT2D eigenvalue weighted by Gasteiger charge is -2.09. The molecule has 0 fully saturated rings. The van der Waals surface area contributed by atoms with Gasteiger partial charge in [-0.25, -0.2) is 4.98 Å². The second-order valence-corrected chi connectivity index (χ2v) is 4.45. The standard InChI is InChI=1S/C13H10ClN5O/c14-9-7-15-5-4-10(9)18-19-13(20)11-2-1-8-3-6-16-12(8)17-11/h1-7H,(H,15,18)(H,16,17)(H,19,20). The Morgan fingerprint density at radius 1 is 1.25 bits per heavy atom. The second kappa shape index (κ2) is 5.18. The predicted octanol–water partition coefficient (Wildman–Crippen LogP) is 2.37. The molecule has 0 aliphatic rings. The number of carbonyl (C=O) groups is 1. The molecule has 0 radical (unpaired) electrons. The molecule has 3 rings (SSSR count). The van der Waals surface area contributed by atoms with Crippen molar-refractivity contribution in [3.8, 4) is 0 Å². The van der Waals surface area contributed by atoms with Crippen molar-refractivity contribution in [1.29, 1.82) is 0 Å². The van der Waals surface area contributed by atoms with E-state index in [9.17, 15) is 4.79 Å². The highest BCUT2D eigenvalue weighted by molar-refractivity contribution is 6.33. The number of nitrogens with one attached hydrogen (secondary N) is 3. The number of hydrogen-bond acceptors (Lipinski definition) is 4. The van der Waals surface area contributed by atoms with Crippen LogP contribution in [0.15, 0.2) is 42.9 Å². The third-order valence-corrected chi connectivity index (χ3v) is 3.03. The average molecular weight is 288 g/mol. The summed E-state index contributed by atoms with van der Waals surface area (Å²) in [5.74, 6) is -0.352. The van der Waals surface area contributed by atoms with Crippen LogP contribution in [-0.4, -0.2) is 20.9 Å².